The zero-order chi connectivity index (χ0) is 20.7. The lowest BCUT2D eigenvalue weighted by atomic mass is 10.0. The number of hydrogen-bond acceptors (Lipinski definition) is 6. The molecule has 2 heterocycles. The molecule has 2 aliphatic rings. The van der Waals surface area contributed by atoms with Gasteiger partial charge in [0, 0.05) is 18.4 Å². The number of rotatable bonds is 5. The number of nitrogens with one attached hydrogen (secondary N) is 2. The Morgan fingerprint density at radius 2 is 1.62 bits per heavy atom. The van der Waals surface area contributed by atoms with E-state index in [2.05, 4.69) is 10.6 Å². The molecule has 0 fully saturated rings. The first kappa shape index (κ1) is 18.5. The van der Waals surface area contributed by atoms with E-state index in [1.165, 1.54) is 43.5 Å². The lowest BCUT2D eigenvalue weighted by molar-refractivity contribution is 0.0602. The van der Waals surface area contributed by atoms with Gasteiger partial charge in [0.15, 0.2) is 0 Å². The van der Waals surface area contributed by atoms with Crippen molar-refractivity contribution >= 4 is 35.2 Å². The minimum Gasteiger partial charge on any atom is -0.383 e. The van der Waals surface area contributed by atoms with Crippen LogP contribution in [0.1, 0.15) is 51.8 Å². The molecule has 0 aromatic heterocycles. The average Bonchev–Trinajstić information content (AvgIpc) is 3.13. The maximum atomic E-state index is 12.6. The van der Waals surface area contributed by atoms with Gasteiger partial charge in [-0.25, -0.2) is 0 Å². The van der Waals surface area contributed by atoms with Crippen molar-refractivity contribution in [3.05, 3.63) is 64.2 Å². The largest absolute Gasteiger partial charge is 0.383 e. The number of hydrogen-bond donors (Lipinski definition) is 2. The third-order valence-corrected chi connectivity index (χ3v) is 4.75. The summed E-state index contributed by atoms with van der Waals surface area (Å²) in [5, 5.41) is 4.80. The Labute approximate surface area is 164 Å². The summed E-state index contributed by atoms with van der Waals surface area (Å²) in [6, 6.07) is 8.60. The average molecular weight is 393 g/mol. The zero-order valence-corrected chi connectivity index (χ0v) is 15.3. The van der Waals surface area contributed by atoms with Crippen molar-refractivity contribution < 1.29 is 28.7 Å². The number of anilines is 1. The van der Waals surface area contributed by atoms with Crippen molar-refractivity contribution in [2.75, 3.05) is 25.6 Å². The fraction of sp³-hybridized carbons (Fsp3) is 0.150. The van der Waals surface area contributed by atoms with E-state index < -0.39 is 29.5 Å². The molecule has 2 aliphatic heterocycles. The molecule has 9 nitrogen and oxygen atoms in total. The smallest absolute Gasteiger partial charge is 0.261 e. The first-order valence-electron chi connectivity index (χ1n) is 8.71. The normalized spacial score (nSPS) is 14.7. The molecule has 9 heteroatoms. The molecule has 0 atom stereocenters. The van der Waals surface area contributed by atoms with Crippen LogP contribution in [0.2, 0.25) is 0 Å². The van der Waals surface area contributed by atoms with Gasteiger partial charge in [0.1, 0.15) is 0 Å². The molecule has 0 saturated heterocycles. The third kappa shape index (κ3) is 3.07. The first-order chi connectivity index (χ1) is 13.9. The lowest BCUT2D eigenvalue weighted by Gasteiger charge is -2.12. The van der Waals surface area contributed by atoms with E-state index in [1.54, 1.807) is 0 Å². The highest BCUT2D eigenvalue weighted by Gasteiger charge is 2.35. The molecule has 0 unspecified atom stereocenters. The van der Waals surface area contributed by atoms with Crippen LogP contribution in [0.25, 0.3) is 0 Å². The van der Waals surface area contributed by atoms with Crippen LogP contribution in [-0.2, 0) is 4.74 Å². The molecule has 4 rings (SSSR count). The summed E-state index contributed by atoms with van der Waals surface area (Å²) in [5.74, 6) is -2.44. The van der Waals surface area contributed by atoms with Gasteiger partial charge in [-0.05, 0) is 36.4 Å². The van der Waals surface area contributed by atoms with E-state index in [0.29, 0.717) is 5.69 Å². The quantitative estimate of drug-likeness (QED) is 0.733. The van der Waals surface area contributed by atoms with Crippen LogP contribution in [0, 0.1) is 0 Å². The van der Waals surface area contributed by atoms with Crippen molar-refractivity contribution in [2.45, 2.75) is 0 Å². The highest BCUT2D eigenvalue weighted by atomic mass is 16.5. The zero-order valence-electron chi connectivity index (χ0n) is 15.3. The molecule has 29 heavy (non-hydrogen) atoms. The van der Waals surface area contributed by atoms with Gasteiger partial charge in [-0.2, -0.15) is 0 Å². The standard InChI is InChI=1S/C20H15N3O6/c1-29-7-6-23-19(27)13-4-2-10(8-15(13)20(23)28)16(24)21-11-3-5-12-14(9-11)18(26)22-17(12)25/h2-5,8-9H,6-7H2,1H3,(H,21,24)(H,22,25,26). The van der Waals surface area contributed by atoms with Gasteiger partial charge >= 0.3 is 0 Å². The summed E-state index contributed by atoms with van der Waals surface area (Å²) in [6.07, 6.45) is 0. The van der Waals surface area contributed by atoms with Crippen LogP contribution in [-0.4, -0.2) is 54.7 Å². The van der Waals surface area contributed by atoms with Gasteiger partial charge in [-0.15, -0.1) is 0 Å². The second kappa shape index (κ2) is 6.95. The van der Waals surface area contributed by atoms with E-state index >= 15 is 0 Å². The number of nitrogens with zero attached hydrogens (tertiary/aromatic N) is 1. The predicted molar refractivity (Wildman–Crippen MR) is 99.9 cm³/mol. The Kier molecular flexibility index (Phi) is 4.44. The number of carbonyl (C=O) groups excluding carboxylic acids is 5. The van der Waals surface area contributed by atoms with E-state index in [1.807, 2.05) is 0 Å². The third-order valence-electron chi connectivity index (χ3n) is 4.75. The molecule has 2 N–H and O–H groups in total. The number of amides is 5. The molecule has 2 aromatic rings. The maximum Gasteiger partial charge on any atom is 0.261 e. The minimum absolute atomic E-state index is 0.125. The van der Waals surface area contributed by atoms with Crippen LogP contribution >= 0.6 is 0 Å². The van der Waals surface area contributed by atoms with Gasteiger partial charge < -0.3 is 10.1 Å². The van der Waals surface area contributed by atoms with Crippen molar-refractivity contribution in [1.82, 2.24) is 10.2 Å². The number of ether oxygens (including phenoxy) is 1. The van der Waals surface area contributed by atoms with Crippen molar-refractivity contribution in [3.8, 4) is 0 Å². The fourth-order valence-electron chi connectivity index (χ4n) is 3.27. The van der Waals surface area contributed by atoms with Gasteiger partial charge in [0.25, 0.3) is 29.5 Å². The van der Waals surface area contributed by atoms with Crippen molar-refractivity contribution in [1.29, 1.82) is 0 Å². The van der Waals surface area contributed by atoms with E-state index in [-0.39, 0.29) is 41.0 Å². The summed E-state index contributed by atoms with van der Waals surface area (Å²) in [4.78, 5) is 61.8. The Morgan fingerprint density at radius 3 is 2.38 bits per heavy atom. The van der Waals surface area contributed by atoms with Crippen LogP contribution in [0.15, 0.2) is 36.4 Å². The molecule has 146 valence electrons. The van der Waals surface area contributed by atoms with E-state index in [9.17, 15) is 24.0 Å². The number of carbonyl (C=O) groups is 5. The summed E-state index contributed by atoms with van der Waals surface area (Å²) in [7, 11) is 1.47. The van der Waals surface area contributed by atoms with Crippen LogP contribution < -0.4 is 10.6 Å². The summed E-state index contributed by atoms with van der Waals surface area (Å²) in [6.45, 7) is 0.341. The molecule has 0 saturated carbocycles. The number of methoxy groups -OCH3 is 1. The molecule has 0 spiro atoms. The molecular formula is C20H15N3O6. The van der Waals surface area contributed by atoms with Crippen molar-refractivity contribution in [3.63, 3.8) is 0 Å². The van der Waals surface area contributed by atoms with Crippen molar-refractivity contribution in [2.24, 2.45) is 0 Å². The number of fused-ring (bicyclic) bond motifs is 2. The molecular weight excluding hydrogens is 378 g/mol. The predicted octanol–water partition coefficient (Wildman–Crippen LogP) is 1.06. The Morgan fingerprint density at radius 1 is 0.931 bits per heavy atom. The first-order valence-corrected chi connectivity index (χ1v) is 8.71. The number of benzene rings is 2. The van der Waals surface area contributed by atoms with Gasteiger partial charge in [0.05, 0.1) is 35.4 Å². The highest BCUT2D eigenvalue weighted by Crippen LogP contribution is 2.25. The summed E-state index contributed by atoms with van der Waals surface area (Å²) in [5.41, 5.74) is 1.30. The molecule has 2 aromatic carbocycles. The van der Waals surface area contributed by atoms with Gasteiger partial charge in [-0.1, -0.05) is 0 Å². The van der Waals surface area contributed by atoms with E-state index in [0.717, 1.165) is 4.90 Å². The molecule has 0 aliphatic carbocycles. The second-order valence-electron chi connectivity index (χ2n) is 6.51. The maximum absolute atomic E-state index is 12.6. The Balaban J connectivity index is 1.56. The van der Waals surface area contributed by atoms with Crippen LogP contribution in [0.4, 0.5) is 5.69 Å². The number of imide groups is 2. The van der Waals surface area contributed by atoms with Crippen LogP contribution in [0.3, 0.4) is 0 Å². The Hall–Kier alpha value is -3.85. The fourth-order valence-corrected chi connectivity index (χ4v) is 3.27. The topological polar surface area (TPSA) is 122 Å². The Bertz CT molecular complexity index is 1110. The highest BCUT2D eigenvalue weighted by molar-refractivity contribution is 6.23. The van der Waals surface area contributed by atoms with Gasteiger partial charge in [0.2, 0.25) is 0 Å². The lowest BCUT2D eigenvalue weighted by Crippen LogP contribution is -2.32. The summed E-state index contributed by atoms with van der Waals surface area (Å²) < 4.78 is 4.91. The SMILES string of the molecule is COCCN1C(=O)c2ccc(C(=O)Nc3ccc4c(c3)C(=O)NC4=O)cc2C1=O. The summed E-state index contributed by atoms with van der Waals surface area (Å²) >= 11 is 0. The molecule has 0 bridgehead atoms. The molecule has 0 radical (unpaired) electrons. The van der Waals surface area contributed by atoms with Gasteiger partial charge in [-0.3, -0.25) is 34.2 Å². The van der Waals surface area contributed by atoms with Crippen LogP contribution in [0.5, 0.6) is 0 Å². The minimum atomic E-state index is -0.529. The monoisotopic (exact) mass is 393 g/mol. The molecule has 5 amide bonds. The second-order valence-corrected chi connectivity index (χ2v) is 6.51. The van der Waals surface area contributed by atoms with E-state index in [4.69, 9.17) is 4.74 Å².